The van der Waals surface area contributed by atoms with E-state index in [2.05, 4.69) is 6.92 Å². The number of benzene rings is 1. The van der Waals surface area contributed by atoms with Crippen molar-refractivity contribution in [1.29, 1.82) is 0 Å². The molecule has 0 saturated carbocycles. The fraction of sp³-hybridized carbons (Fsp3) is 0. The second-order valence-corrected chi connectivity index (χ2v) is 2.66. The summed E-state index contributed by atoms with van der Waals surface area (Å²) in [7, 11) is 0. The van der Waals surface area contributed by atoms with E-state index in [0.717, 1.165) is 12.1 Å². The molecular weight excluding hydrogens is 200 g/mol. The van der Waals surface area contributed by atoms with Crippen LogP contribution in [0.3, 0.4) is 0 Å². The van der Waals surface area contributed by atoms with E-state index in [1.807, 2.05) is 0 Å². The van der Waals surface area contributed by atoms with Crippen LogP contribution in [-0.2, 0) is 0 Å². The second kappa shape index (κ2) is 4.32. The third-order valence-electron chi connectivity index (χ3n) is 1.70. The van der Waals surface area contributed by atoms with Crippen molar-refractivity contribution >= 4 is 17.5 Å². The molecule has 15 heavy (non-hydrogen) atoms. The maximum atomic E-state index is 10.5. The van der Waals surface area contributed by atoms with Gasteiger partial charge in [0.2, 0.25) is 0 Å². The predicted octanol–water partition coefficient (Wildman–Crippen LogP) is 2.35. The van der Waals surface area contributed by atoms with E-state index in [9.17, 15) is 20.2 Å². The molecule has 0 aliphatic carbocycles. The molecule has 0 amide bonds. The Morgan fingerprint density at radius 1 is 1.13 bits per heavy atom. The van der Waals surface area contributed by atoms with E-state index in [1.54, 1.807) is 0 Å². The Hall–Kier alpha value is -2.24. The third kappa shape index (κ3) is 2.37. The number of allylic oxidation sites excluding steroid dienone is 1. The van der Waals surface area contributed by atoms with Gasteiger partial charge in [0.15, 0.2) is 0 Å². The molecule has 0 aliphatic heterocycles. The zero-order valence-corrected chi connectivity index (χ0v) is 7.62. The minimum Gasteiger partial charge on any atom is -0.258 e. The van der Waals surface area contributed by atoms with Crippen LogP contribution in [0.25, 0.3) is 6.08 Å². The summed E-state index contributed by atoms with van der Waals surface area (Å²) in [5, 5.41) is 21.0. The topological polar surface area (TPSA) is 86.3 Å². The van der Waals surface area contributed by atoms with Crippen molar-refractivity contribution in [1.82, 2.24) is 0 Å². The normalized spacial score (nSPS) is 10.5. The monoisotopic (exact) mass is 207 g/mol. The molecule has 0 heterocycles. The number of rotatable bonds is 3. The number of nitro benzene ring substituents is 2. The molecule has 1 aromatic rings. The van der Waals surface area contributed by atoms with Crippen LogP contribution in [0.5, 0.6) is 0 Å². The van der Waals surface area contributed by atoms with Gasteiger partial charge in [0, 0.05) is 12.1 Å². The molecule has 6 nitrogen and oxygen atoms in total. The molecular formula is C9H7N2O4. The molecule has 0 N–H and O–H groups in total. The SMILES string of the molecule is [CH2]/C=C/c1ccc([N+](=O)[O-])c([N+](=O)[O-])c1. The van der Waals surface area contributed by atoms with Crippen LogP contribution >= 0.6 is 0 Å². The highest BCUT2D eigenvalue weighted by molar-refractivity contribution is 5.61. The molecule has 0 fully saturated rings. The first-order valence-corrected chi connectivity index (χ1v) is 3.95. The zero-order valence-electron chi connectivity index (χ0n) is 7.62. The average molecular weight is 207 g/mol. The van der Waals surface area contributed by atoms with Crippen LogP contribution in [0.15, 0.2) is 24.3 Å². The van der Waals surface area contributed by atoms with Gasteiger partial charge >= 0.3 is 11.4 Å². The zero-order chi connectivity index (χ0) is 11.4. The van der Waals surface area contributed by atoms with Gasteiger partial charge in [0.1, 0.15) is 0 Å². The number of hydrogen-bond acceptors (Lipinski definition) is 4. The Balaban J connectivity index is 3.33. The molecule has 0 unspecified atom stereocenters. The van der Waals surface area contributed by atoms with Gasteiger partial charge in [0.05, 0.1) is 9.85 Å². The fourth-order valence-corrected chi connectivity index (χ4v) is 1.08. The molecule has 0 atom stereocenters. The molecule has 0 saturated heterocycles. The second-order valence-electron chi connectivity index (χ2n) is 2.66. The van der Waals surface area contributed by atoms with E-state index in [-0.39, 0.29) is 0 Å². The van der Waals surface area contributed by atoms with Gasteiger partial charge in [-0.3, -0.25) is 20.2 Å². The van der Waals surface area contributed by atoms with Crippen molar-refractivity contribution in [2.24, 2.45) is 0 Å². The smallest absolute Gasteiger partial charge is 0.258 e. The first-order chi connectivity index (χ1) is 7.06. The minimum atomic E-state index is -0.782. The molecule has 0 aromatic heterocycles. The van der Waals surface area contributed by atoms with Gasteiger partial charge in [-0.15, -0.1) is 0 Å². The maximum Gasteiger partial charge on any atom is 0.346 e. The van der Waals surface area contributed by atoms with Crippen molar-refractivity contribution in [2.45, 2.75) is 0 Å². The van der Waals surface area contributed by atoms with Crippen LogP contribution in [0.4, 0.5) is 11.4 Å². The summed E-state index contributed by atoms with van der Waals surface area (Å²) < 4.78 is 0. The minimum absolute atomic E-state index is 0.502. The van der Waals surface area contributed by atoms with E-state index in [0.29, 0.717) is 5.56 Å². The van der Waals surface area contributed by atoms with Gasteiger partial charge in [-0.05, 0) is 18.6 Å². The van der Waals surface area contributed by atoms with E-state index in [4.69, 9.17) is 0 Å². The highest BCUT2D eigenvalue weighted by Crippen LogP contribution is 2.27. The lowest BCUT2D eigenvalue weighted by Gasteiger charge is -1.96. The third-order valence-corrected chi connectivity index (χ3v) is 1.70. The van der Waals surface area contributed by atoms with Crippen molar-refractivity contribution in [3.63, 3.8) is 0 Å². The van der Waals surface area contributed by atoms with Crippen molar-refractivity contribution in [2.75, 3.05) is 0 Å². The van der Waals surface area contributed by atoms with E-state index in [1.165, 1.54) is 18.2 Å². The number of hydrogen-bond donors (Lipinski definition) is 0. The average Bonchev–Trinajstić information content (AvgIpc) is 2.17. The molecule has 1 aromatic carbocycles. The predicted molar refractivity (Wildman–Crippen MR) is 54.1 cm³/mol. The van der Waals surface area contributed by atoms with Gasteiger partial charge in [0.25, 0.3) is 0 Å². The highest BCUT2D eigenvalue weighted by atomic mass is 16.6. The molecule has 0 aliphatic rings. The van der Waals surface area contributed by atoms with E-state index >= 15 is 0 Å². The Labute approximate surface area is 85.1 Å². The molecule has 0 bridgehead atoms. The van der Waals surface area contributed by atoms with Crippen LogP contribution < -0.4 is 0 Å². The maximum absolute atomic E-state index is 10.5. The summed E-state index contributed by atoms with van der Waals surface area (Å²) in [6, 6.07) is 3.67. The molecule has 77 valence electrons. The largest absolute Gasteiger partial charge is 0.346 e. The standard InChI is InChI=1S/C9H7N2O4/c1-2-3-7-4-5-8(10(12)13)9(6-7)11(14)15/h2-6H,1H2/b3-2+. The molecule has 6 heteroatoms. The summed E-state index contributed by atoms with van der Waals surface area (Å²) in [6.07, 6.45) is 2.97. The van der Waals surface area contributed by atoms with Gasteiger partial charge in [-0.2, -0.15) is 0 Å². The summed E-state index contributed by atoms with van der Waals surface area (Å²) in [4.78, 5) is 19.4. The van der Waals surface area contributed by atoms with Gasteiger partial charge in [-0.25, -0.2) is 0 Å². The molecule has 1 radical (unpaired) electrons. The quantitative estimate of drug-likeness (QED) is 0.562. The van der Waals surface area contributed by atoms with E-state index < -0.39 is 21.2 Å². The van der Waals surface area contributed by atoms with Crippen molar-refractivity contribution < 1.29 is 9.85 Å². The number of nitrogens with zero attached hydrogens (tertiary/aromatic N) is 2. The van der Waals surface area contributed by atoms with Crippen LogP contribution in [0.2, 0.25) is 0 Å². The first kappa shape index (κ1) is 10.8. The van der Waals surface area contributed by atoms with Gasteiger partial charge in [-0.1, -0.05) is 12.2 Å². The summed E-state index contributed by atoms with van der Waals surface area (Å²) in [5.74, 6) is 0. The lowest BCUT2D eigenvalue weighted by atomic mass is 10.1. The lowest BCUT2D eigenvalue weighted by Crippen LogP contribution is -1.96. The van der Waals surface area contributed by atoms with Crippen LogP contribution in [0.1, 0.15) is 5.56 Å². The Kier molecular flexibility index (Phi) is 3.12. The summed E-state index contributed by atoms with van der Waals surface area (Å²) >= 11 is 0. The molecule has 1 rings (SSSR count). The van der Waals surface area contributed by atoms with Crippen molar-refractivity contribution in [3.05, 3.63) is 57.0 Å². The van der Waals surface area contributed by atoms with Gasteiger partial charge < -0.3 is 0 Å². The fourth-order valence-electron chi connectivity index (χ4n) is 1.08. The van der Waals surface area contributed by atoms with Crippen molar-refractivity contribution in [3.8, 4) is 0 Å². The Morgan fingerprint density at radius 2 is 1.73 bits per heavy atom. The summed E-state index contributed by atoms with van der Waals surface area (Å²) in [6.45, 7) is 3.43. The highest BCUT2D eigenvalue weighted by Gasteiger charge is 2.23. The number of nitro groups is 2. The lowest BCUT2D eigenvalue weighted by molar-refractivity contribution is -0.422. The van der Waals surface area contributed by atoms with Crippen LogP contribution in [-0.4, -0.2) is 9.85 Å². The molecule has 0 spiro atoms. The first-order valence-electron chi connectivity index (χ1n) is 3.95. The summed E-state index contributed by atoms with van der Waals surface area (Å²) in [5.41, 5.74) is -0.529. The Bertz CT molecular complexity index is 440. The van der Waals surface area contributed by atoms with Crippen LogP contribution in [0, 0.1) is 27.2 Å². The Morgan fingerprint density at radius 3 is 2.20 bits per heavy atom.